The topological polar surface area (TPSA) is 98.5 Å². The maximum atomic E-state index is 12.9. The molecule has 2 aliphatic rings. The van der Waals surface area contributed by atoms with Gasteiger partial charge in [-0.1, -0.05) is 25.9 Å². The van der Waals surface area contributed by atoms with Gasteiger partial charge in [-0.3, -0.25) is 4.79 Å². The van der Waals surface area contributed by atoms with E-state index in [0.717, 1.165) is 0 Å². The molecular weight excluding hydrogens is 332 g/mol. The normalized spacial score (nSPS) is 28.3. The Bertz CT molecular complexity index is 756. The number of anilines is 1. The van der Waals surface area contributed by atoms with Crippen LogP contribution >= 0.6 is 0 Å². The highest BCUT2D eigenvalue weighted by Crippen LogP contribution is 2.54. The second-order valence-electron chi connectivity index (χ2n) is 7.99. The van der Waals surface area contributed by atoms with Crippen LogP contribution in [0.15, 0.2) is 10.6 Å². The molecule has 2 fully saturated rings. The molecule has 1 aromatic heterocycles. The van der Waals surface area contributed by atoms with E-state index < -0.39 is 25.2 Å². The summed E-state index contributed by atoms with van der Waals surface area (Å²) in [6, 6.07) is 1.64. The standard InChI is InChI=1S/C16H24N2O5S/c1-14(2,3)11-9-12(18-23-11)17-13(19)15(4)10-16(24(15,20)21)5-7-22-8-6-16/h9H,5-8,10H2,1-4H3,(H,17,18,19). The van der Waals surface area contributed by atoms with Crippen LogP contribution in [-0.2, 0) is 24.8 Å². The highest BCUT2D eigenvalue weighted by atomic mass is 32.2. The van der Waals surface area contributed by atoms with Crippen molar-refractivity contribution in [3.8, 4) is 0 Å². The number of hydrogen-bond donors (Lipinski definition) is 1. The first-order valence-electron chi connectivity index (χ1n) is 8.12. The number of amides is 1. The van der Waals surface area contributed by atoms with Gasteiger partial charge < -0.3 is 14.6 Å². The molecule has 1 N–H and O–H groups in total. The Morgan fingerprint density at radius 1 is 1.29 bits per heavy atom. The van der Waals surface area contributed by atoms with Gasteiger partial charge in [0.25, 0.3) is 0 Å². The molecule has 8 heteroatoms. The highest BCUT2D eigenvalue weighted by molar-refractivity contribution is 7.96. The van der Waals surface area contributed by atoms with E-state index in [4.69, 9.17) is 9.26 Å². The average Bonchev–Trinajstić information content (AvgIpc) is 2.96. The summed E-state index contributed by atoms with van der Waals surface area (Å²) in [5.41, 5.74) is -0.241. The first-order valence-corrected chi connectivity index (χ1v) is 9.61. The Balaban J connectivity index is 1.77. The Kier molecular flexibility index (Phi) is 3.84. The van der Waals surface area contributed by atoms with E-state index in [1.807, 2.05) is 20.8 Å². The fourth-order valence-electron chi connectivity index (χ4n) is 3.53. The molecule has 0 aromatic carbocycles. The van der Waals surface area contributed by atoms with Gasteiger partial charge in [-0.2, -0.15) is 0 Å². The van der Waals surface area contributed by atoms with Gasteiger partial charge >= 0.3 is 0 Å². The number of nitrogens with zero attached hydrogens (tertiary/aromatic N) is 1. The van der Waals surface area contributed by atoms with E-state index in [9.17, 15) is 13.2 Å². The van der Waals surface area contributed by atoms with E-state index >= 15 is 0 Å². The van der Waals surface area contributed by atoms with E-state index in [2.05, 4.69) is 10.5 Å². The monoisotopic (exact) mass is 356 g/mol. The lowest BCUT2D eigenvalue weighted by atomic mass is 9.85. The summed E-state index contributed by atoms with van der Waals surface area (Å²) in [5.74, 6) is 0.322. The van der Waals surface area contributed by atoms with Crippen LogP contribution in [0.3, 0.4) is 0 Å². The number of rotatable bonds is 2. The molecule has 1 atom stereocenters. The van der Waals surface area contributed by atoms with Crippen LogP contribution in [0.25, 0.3) is 0 Å². The van der Waals surface area contributed by atoms with Crippen molar-refractivity contribution < 1.29 is 22.5 Å². The van der Waals surface area contributed by atoms with Gasteiger partial charge in [0.1, 0.15) is 10.5 Å². The molecule has 0 bridgehead atoms. The fraction of sp³-hybridized carbons (Fsp3) is 0.750. The summed E-state index contributed by atoms with van der Waals surface area (Å²) in [7, 11) is -3.58. The van der Waals surface area contributed by atoms with Gasteiger partial charge in [0.15, 0.2) is 15.7 Å². The molecule has 1 unspecified atom stereocenters. The maximum Gasteiger partial charge on any atom is 0.246 e. The maximum absolute atomic E-state index is 12.9. The summed E-state index contributed by atoms with van der Waals surface area (Å²) in [4.78, 5) is 12.6. The van der Waals surface area contributed by atoms with Crippen LogP contribution in [0.4, 0.5) is 5.82 Å². The van der Waals surface area contributed by atoms with Gasteiger partial charge in [0.2, 0.25) is 5.91 Å². The molecule has 24 heavy (non-hydrogen) atoms. The second-order valence-corrected chi connectivity index (χ2v) is 10.8. The van der Waals surface area contributed by atoms with Crippen molar-refractivity contribution >= 4 is 21.6 Å². The minimum Gasteiger partial charge on any atom is -0.381 e. The molecule has 2 saturated heterocycles. The Morgan fingerprint density at radius 3 is 2.42 bits per heavy atom. The van der Waals surface area contributed by atoms with Crippen molar-refractivity contribution in [3.05, 3.63) is 11.8 Å². The summed E-state index contributed by atoms with van der Waals surface area (Å²) in [5, 5.41) is 6.42. The number of aromatic nitrogens is 1. The summed E-state index contributed by atoms with van der Waals surface area (Å²) in [6.07, 6.45) is 1.23. The Labute approximate surface area is 142 Å². The van der Waals surface area contributed by atoms with E-state index in [0.29, 0.717) is 38.2 Å². The Morgan fingerprint density at radius 2 is 1.92 bits per heavy atom. The molecule has 134 valence electrons. The smallest absolute Gasteiger partial charge is 0.246 e. The zero-order valence-corrected chi connectivity index (χ0v) is 15.3. The van der Waals surface area contributed by atoms with E-state index in [1.54, 1.807) is 6.07 Å². The highest BCUT2D eigenvalue weighted by Gasteiger charge is 2.69. The van der Waals surface area contributed by atoms with Crippen molar-refractivity contribution in [3.63, 3.8) is 0 Å². The molecule has 3 heterocycles. The molecule has 1 aromatic rings. The van der Waals surface area contributed by atoms with Gasteiger partial charge in [-0.05, 0) is 26.2 Å². The van der Waals surface area contributed by atoms with Gasteiger partial charge in [0, 0.05) is 24.7 Å². The molecule has 1 spiro atoms. The number of carbonyl (C=O) groups is 1. The van der Waals surface area contributed by atoms with Crippen molar-refractivity contribution in [1.29, 1.82) is 0 Å². The molecule has 0 aliphatic carbocycles. The second kappa shape index (κ2) is 5.29. The summed E-state index contributed by atoms with van der Waals surface area (Å²) >= 11 is 0. The predicted molar refractivity (Wildman–Crippen MR) is 88.6 cm³/mol. The molecule has 2 aliphatic heterocycles. The van der Waals surface area contributed by atoms with Crippen LogP contribution in [0.2, 0.25) is 0 Å². The largest absolute Gasteiger partial charge is 0.381 e. The van der Waals surface area contributed by atoms with Crippen LogP contribution in [0.1, 0.15) is 52.7 Å². The average molecular weight is 356 g/mol. The minimum absolute atomic E-state index is 0.241. The van der Waals surface area contributed by atoms with Crippen LogP contribution in [-0.4, -0.2) is 42.2 Å². The minimum atomic E-state index is -3.58. The van der Waals surface area contributed by atoms with Crippen LogP contribution < -0.4 is 5.32 Å². The van der Waals surface area contributed by atoms with Gasteiger partial charge in [-0.15, -0.1) is 0 Å². The molecule has 1 amide bonds. The Hall–Kier alpha value is -1.41. The van der Waals surface area contributed by atoms with Crippen molar-refractivity contribution in [1.82, 2.24) is 5.16 Å². The van der Waals surface area contributed by atoms with Crippen molar-refractivity contribution in [2.45, 2.75) is 61.9 Å². The predicted octanol–water partition coefficient (Wildman–Crippen LogP) is 2.04. The lowest BCUT2D eigenvalue weighted by Gasteiger charge is -2.53. The fourth-order valence-corrected chi connectivity index (χ4v) is 6.18. The van der Waals surface area contributed by atoms with Gasteiger partial charge in [-0.25, -0.2) is 8.42 Å². The van der Waals surface area contributed by atoms with Crippen molar-refractivity contribution in [2.24, 2.45) is 0 Å². The quantitative estimate of drug-likeness (QED) is 0.871. The third-order valence-corrected chi connectivity index (χ3v) is 8.41. The molecule has 0 saturated carbocycles. The van der Waals surface area contributed by atoms with Crippen LogP contribution in [0, 0.1) is 0 Å². The van der Waals surface area contributed by atoms with E-state index in [-0.39, 0.29) is 11.2 Å². The number of hydrogen-bond acceptors (Lipinski definition) is 6. The SMILES string of the molecule is CC(C)(C)c1cc(NC(=O)C2(C)CC3(CCOCC3)S2(=O)=O)no1. The zero-order chi connectivity index (χ0) is 17.8. The van der Waals surface area contributed by atoms with E-state index in [1.165, 1.54) is 6.92 Å². The summed E-state index contributed by atoms with van der Waals surface area (Å²) < 4.78 is 34.0. The number of carbonyl (C=O) groups excluding carboxylic acids is 1. The third-order valence-electron chi connectivity index (χ3n) is 5.20. The first kappa shape index (κ1) is 17.4. The van der Waals surface area contributed by atoms with Crippen LogP contribution in [0.5, 0.6) is 0 Å². The molecular formula is C16H24N2O5S. The molecule has 0 radical (unpaired) electrons. The third kappa shape index (κ3) is 2.38. The lowest BCUT2D eigenvalue weighted by Crippen LogP contribution is -2.70. The number of nitrogens with one attached hydrogen (secondary N) is 1. The van der Waals surface area contributed by atoms with Crippen molar-refractivity contribution in [2.75, 3.05) is 18.5 Å². The number of sulfone groups is 1. The summed E-state index contributed by atoms with van der Waals surface area (Å²) in [6.45, 7) is 8.23. The molecule has 7 nitrogen and oxygen atoms in total. The molecule has 3 rings (SSSR count). The number of ether oxygens (including phenoxy) is 1. The zero-order valence-electron chi connectivity index (χ0n) is 14.5. The lowest BCUT2D eigenvalue weighted by molar-refractivity contribution is -0.119. The van der Waals surface area contributed by atoms with Gasteiger partial charge in [0.05, 0.1) is 4.75 Å². The first-order chi connectivity index (χ1) is 11.0.